The van der Waals surface area contributed by atoms with Gasteiger partial charge < -0.3 is 14.4 Å². The maximum Gasteiger partial charge on any atom is 0.338 e. The highest BCUT2D eigenvalue weighted by atomic mass is 16.4. The fourth-order valence-electron chi connectivity index (χ4n) is 5.26. The summed E-state index contributed by atoms with van der Waals surface area (Å²) < 4.78 is 10.4. The van der Waals surface area contributed by atoms with Gasteiger partial charge in [-0.3, -0.25) is 0 Å². The standard InChI is InChI=1S/C29H31N5O3/c1-6-33(7-2)18-10-12-20-24(16-18)37-25-17-19(34(8-3)9-4)11-13-21(25)26(20)22-14-15-23-28(27(22)29(35)36)30-31-32(23)5/h10-17H,6-9H2,1-5H3/p+1. The molecule has 0 saturated carbocycles. The highest BCUT2D eigenvalue weighted by Gasteiger charge is 2.25. The van der Waals surface area contributed by atoms with E-state index in [2.05, 4.69) is 71.7 Å². The molecule has 2 aromatic carbocycles. The van der Waals surface area contributed by atoms with Crippen molar-refractivity contribution in [2.45, 2.75) is 27.7 Å². The van der Waals surface area contributed by atoms with Gasteiger partial charge in [-0.2, -0.15) is 0 Å². The molecule has 0 unspecified atom stereocenters. The summed E-state index contributed by atoms with van der Waals surface area (Å²) in [4.78, 5) is 14.9. The number of hydrogen-bond acceptors (Lipinski definition) is 5. The molecule has 0 atom stereocenters. The third kappa shape index (κ3) is 4.02. The fraction of sp³-hybridized carbons (Fsp3) is 0.310. The van der Waals surface area contributed by atoms with Crippen molar-refractivity contribution in [3.63, 3.8) is 0 Å². The first-order chi connectivity index (χ1) is 17.9. The van der Waals surface area contributed by atoms with E-state index in [9.17, 15) is 9.90 Å². The van der Waals surface area contributed by atoms with E-state index in [0.29, 0.717) is 27.9 Å². The number of carboxylic acids is 1. The van der Waals surface area contributed by atoms with Gasteiger partial charge in [0, 0.05) is 60.0 Å². The second-order valence-electron chi connectivity index (χ2n) is 9.06. The van der Waals surface area contributed by atoms with Gasteiger partial charge in [0.2, 0.25) is 5.36 Å². The Labute approximate surface area is 215 Å². The van der Waals surface area contributed by atoms with Crippen LogP contribution in [0.2, 0.25) is 0 Å². The Kier molecular flexibility index (Phi) is 6.41. The van der Waals surface area contributed by atoms with Gasteiger partial charge in [0.25, 0.3) is 0 Å². The minimum Gasteiger partial charge on any atom is -0.478 e. The number of rotatable bonds is 7. The van der Waals surface area contributed by atoms with Gasteiger partial charge in [0.1, 0.15) is 29.9 Å². The topological polar surface area (TPSA) is 87.4 Å². The minimum atomic E-state index is -1.04. The minimum absolute atomic E-state index is 0.139. The summed E-state index contributed by atoms with van der Waals surface area (Å²) in [6.45, 7) is 12.0. The second-order valence-corrected chi connectivity index (χ2v) is 9.06. The monoisotopic (exact) mass is 498 g/mol. The number of nitrogens with zero attached hydrogens (tertiary/aromatic N) is 5. The van der Waals surface area contributed by atoms with Crippen LogP contribution in [0.15, 0.2) is 52.9 Å². The van der Waals surface area contributed by atoms with E-state index in [1.54, 1.807) is 11.7 Å². The molecule has 0 radical (unpaired) electrons. The lowest BCUT2D eigenvalue weighted by atomic mass is 9.90. The Bertz CT molecular complexity index is 1670. The number of carboxylic acid groups (broad SMARTS) is 1. The zero-order valence-corrected chi connectivity index (χ0v) is 21.9. The van der Waals surface area contributed by atoms with Crippen molar-refractivity contribution in [3.05, 3.63) is 59.5 Å². The summed E-state index contributed by atoms with van der Waals surface area (Å²) in [6.07, 6.45) is 0. The SMILES string of the molecule is CCN(CC)c1ccc2c(-c3ccc4c(nnn4C)c3C(=O)O)c3ccc(=[N+](CC)CC)cc-3oc2c1. The van der Waals surface area contributed by atoms with E-state index in [4.69, 9.17) is 4.42 Å². The molecule has 0 fully saturated rings. The average molecular weight is 499 g/mol. The molecule has 190 valence electrons. The molecule has 8 nitrogen and oxygen atoms in total. The quantitative estimate of drug-likeness (QED) is 0.255. The molecule has 0 amide bonds. The third-order valence-corrected chi connectivity index (χ3v) is 7.21. The summed E-state index contributed by atoms with van der Waals surface area (Å²) >= 11 is 0. The number of aryl methyl sites for hydroxylation is 1. The molecule has 1 aliphatic carbocycles. The molecular formula is C29H32N5O3+. The van der Waals surface area contributed by atoms with E-state index in [-0.39, 0.29) is 5.56 Å². The smallest absolute Gasteiger partial charge is 0.338 e. The van der Waals surface area contributed by atoms with Crippen molar-refractivity contribution < 1.29 is 14.3 Å². The molecule has 1 N–H and O–H groups in total. The highest BCUT2D eigenvalue weighted by Crippen LogP contribution is 2.43. The number of aromatic carboxylic acids is 1. The van der Waals surface area contributed by atoms with Crippen molar-refractivity contribution in [3.8, 4) is 22.5 Å². The predicted octanol–water partition coefficient (Wildman–Crippen LogP) is 4.84. The van der Waals surface area contributed by atoms with Crippen LogP contribution in [0.1, 0.15) is 38.1 Å². The summed E-state index contributed by atoms with van der Waals surface area (Å²) in [5.41, 5.74) is 5.21. The lowest BCUT2D eigenvalue weighted by Gasteiger charge is -2.22. The van der Waals surface area contributed by atoms with Crippen LogP contribution in [0.25, 0.3) is 44.5 Å². The van der Waals surface area contributed by atoms with E-state index in [0.717, 1.165) is 53.7 Å². The van der Waals surface area contributed by atoms with Crippen LogP contribution in [0.3, 0.4) is 0 Å². The van der Waals surface area contributed by atoms with Gasteiger partial charge in [-0.1, -0.05) is 11.3 Å². The first kappa shape index (κ1) is 24.5. The van der Waals surface area contributed by atoms with Gasteiger partial charge in [-0.25, -0.2) is 14.1 Å². The Morgan fingerprint density at radius 3 is 2.41 bits per heavy atom. The first-order valence-corrected chi connectivity index (χ1v) is 12.8. The maximum absolute atomic E-state index is 12.6. The maximum atomic E-state index is 12.6. The van der Waals surface area contributed by atoms with Gasteiger partial charge >= 0.3 is 5.97 Å². The van der Waals surface area contributed by atoms with E-state index >= 15 is 0 Å². The molecule has 0 spiro atoms. The molecule has 3 aromatic rings. The van der Waals surface area contributed by atoms with E-state index in [1.165, 1.54) is 0 Å². The molecule has 0 saturated heterocycles. The van der Waals surface area contributed by atoms with Crippen LogP contribution >= 0.6 is 0 Å². The zero-order valence-electron chi connectivity index (χ0n) is 21.9. The van der Waals surface area contributed by atoms with E-state index < -0.39 is 5.97 Å². The lowest BCUT2D eigenvalue weighted by Crippen LogP contribution is -2.29. The van der Waals surface area contributed by atoms with Crippen LogP contribution in [-0.4, -0.2) is 52.2 Å². The molecule has 2 heterocycles. The number of fused-ring (bicyclic) bond motifs is 3. The number of carbonyl (C=O) groups is 1. The van der Waals surface area contributed by atoms with Crippen LogP contribution in [0, 0.1) is 0 Å². The third-order valence-electron chi connectivity index (χ3n) is 7.21. The first-order valence-electron chi connectivity index (χ1n) is 12.8. The van der Waals surface area contributed by atoms with Gasteiger partial charge in [0.05, 0.1) is 17.1 Å². The largest absolute Gasteiger partial charge is 0.478 e. The molecule has 1 aliphatic heterocycles. The van der Waals surface area contributed by atoms with Crippen LogP contribution in [-0.2, 0) is 7.05 Å². The van der Waals surface area contributed by atoms with Crippen LogP contribution < -0.4 is 14.8 Å². The van der Waals surface area contributed by atoms with Gasteiger partial charge in [-0.05, 0) is 52.0 Å². The average Bonchev–Trinajstić information content (AvgIpc) is 3.28. The number of aromatic nitrogens is 3. The second kappa shape index (κ2) is 9.69. The van der Waals surface area contributed by atoms with Gasteiger partial charge in [-0.15, -0.1) is 5.10 Å². The van der Waals surface area contributed by atoms with Crippen LogP contribution in [0.4, 0.5) is 5.69 Å². The Balaban J connectivity index is 1.93. The number of hydrogen-bond donors (Lipinski definition) is 1. The molecule has 0 bridgehead atoms. The van der Waals surface area contributed by atoms with Crippen molar-refractivity contribution in [2.24, 2.45) is 7.05 Å². The molecule has 2 aliphatic rings. The van der Waals surface area contributed by atoms with Gasteiger partial charge in [0.15, 0.2) is 0 Å². The molecule has 1 aromatic heterocycles. The van der Waals surface area contributed by atoms with Crippen molar-refractivity contribution in [2.75, 3.05) is 31.1 Å². The summed E-state index contributed by atoms with van der Waals surface area (Å²) in [5.74, 6) is -0.332. The van der Waals surface area contributed by atoms with Crippen molar-refractivity contribution in [1.29, 1.82) is 0 Å². The molecular weight excluding hydrogens is 466 g/mol. The zero-order chi connectivity index (χ0) is 26.3. The van der Waals surface area contributed by atoms with Crippen molar-refractivity contribution in [1.82, 2.24) is 19.6 Å². The van der Waals surface area contributed by atoms with Crippen LogP contribution in [0.5, 0.6) is 0 Å². The Hall–Kier alpha value is -4.20. The summed E-state index contributed by atoms with van der Waals surface area (Å²) in [6, 6.07) is 16.1. The fourth-order valence-corrected chi connectivity index (χ4v) is 5.26. The highest BCUT2D eigenvalue weighted by molar-refractivity contribution is 6.13. The molecule has 5 rings (SSSR count). The summed E-state index contributed by atoms with van der Waals surface area (Å²) in [7, 11) is 1.76. The Morgan fingerprint density at radius 2 is 1.73 bits per heavy atom. The Morgan fingerprint density at radius 1 is 1.00 bits per heavy atom. The number of anilines is 1. The lowest BCUT2D eigenvalue weighted by molar-refractivity contribution is 0.0699. The van der Waals surface area contributed by atoms with E-state index in [1.807, 2.05) is 24.3 Å². The number of benzene rings is 3. The summed E-state index contributed by atoms with van der Waals surface area (Å²) in [5, 5.41) is 20.5. The molecule has 8 heteroatoms. The predicted molar refractivity (Wildman–Crippen MR) is 147 cm³/mol. The molecule has 37 heavy (non-hydrogen) atoms. The van der Waals surface area contributed by atoms with Crippen molar-refractivity contribution >= 4 is 33.7 Å². The normalized spacial score (nSPS) is 11.5.